The van der Waals surface area contributed by atoms with E-state index in [0.717, 1.165) is 5.46 Å². The summed E-state index contributed by atoms with van der Waals surface area (Å²) in [7, 11) is 6.01. The number of nitrogens with zero attached hydrogens (tertiary/aromatic N) is 1. The average Bonchev–Trinajstić information content (AvgIpc) is 2.83. The van der Waals surface area contributed by atoms with E-state index in [1.807, 2.05) is 6.07 Å². The standard InChI is InChI=1S/C20H14BN/c21-15-8-10-20-18(12-15)17-3-1-2-4-19(17)22(20)16-9-7-13-5-6-14(13)11-16/h1-4,7-12H,5-6H2. The van der Waals surface area contributed by atoms with Crippen LogP contribution in [0.5, 0.6) is 0 Å². The van der Waals surface area contributed by atoms with Gasteiger partial charge in [0.1, 0.15) is 7.85 Å². The van der Waals surface area contributed by atoms with Crippen molar-refractivity contribution in [3.05, 3.63) is 71.8 Å². The van der Waals surface area contributed by atoms with Crippen LogP contribution in [0, 0.1) is 0 Å². The zero-order chi connectivity index (χ0) is 14.7. The monoisotopic (exact) mass is 279 g/mol. The van der Waals surface area contributed by atoms with Crippen LogP contribution in [0.2, 0.25) is 0 Å². The Morgan fingerprint density at radius 2 is 1.55 bits per heavy atom. The molecule has 1 aliphatic rings. The lowest BCUT2D eigenvalue weighted by molar-refractivity contribution is 0.836. The molecule has 0 atom stereocenters. The first-order valence-electron chi connectivity index (χ1n) is 7.72. The zero-order valence-corrected chi connectivity index (χ0v) is 12.2. The van der Waals surface area contributed by atoms with Crippen LogP contribution in [0.15, 0.2) is 60.7 Å². The number of aromatic nitrogens is 1. The van der Waals surface area contributed by atoms with Gasteiger partial charge in [0.2, 0.25) is 0 Å². The van der Waals surface area contributed by atoms with E-state index >= 15 is 0 Å². The SMILES string of the molecule is [B]c1ccc2c(c1)c1ccccc1n2-c1ccc2c(c1)CC2. The summed E-state index contributed by atoms with van der Waals surface area (Å²) in [4.78, 5) is 0. The second-order valence-corrected chi connectivity index (χ2v) is 6.08. The Morgan fingerprint density at radius 3 is 2.36 bits per heavy atom. The maximum atomic E-state index is 6.01. The predicted octanol–water partition coefficient (Wildman–Crippen LogP) is 3.68. The molecule has 0 amide bonds. The molecule has 0 aliphatic heterocycles. The Bertz CT molecular complexity index is 1040. The summed E-state index contributed by atoms with van der Waals surface area (Å²) in [6.07, 6.45) is 2.42. The first kappa shape index (κ1) is 12.1. The molecule has 0 unspecified atom stereocenters. The lowest BCUT2D eigenvalue weighted by Gasteiger charge is -2.20. The number of para-hydroxylation sites is 1. The number of hydrogen-bond donors (Lipinski definition) is 0. The topological polar surface area (TPSA) is 4.93 Å². The molecule has 1 aromatic heterocycles. The van der Waals surface area contributed by atoms with Crippen LogP contribution < -0.4 is 5.46 Å². The highest BCUT2D eigenvalue weighted by molar-refractivity contribution is 6.33. The molecular formula is C20H14BN. The molecule has 1 nitrogen and oxygen atoms in total. The van der Waals surface area contributed by atoms with Crippen molar-refractivity contribution in [2.24, 2.45) is 0 Å². The van der Waals surface area contributed by atoms with Gasteiger partial charge in [0.05, 0.1) is 11.0 Å². The largest absolute Gasteiger partial charge is 0.309 e. The van der Waals surface area contributed by atoms with Gasteiger partial charge >= 0.3 is 0 Å². The summed E-state index contributed by atoms with van der Waals surface area (Å²) in [6.45, 7) is 0. The Hall–Kier alpha value is -2.48. The fourth-order valence-electron chi connectivity index (χ4n) is 3.59. The Morgan fingerprint density at radius 1 is 0.727 bits per heavy atom. The van der Waals surface area contributed by atoms with E-state index < -0.39 is 0 Å². The van der Waals surface area contributed by atoms with Crippen molar-refractivity contribution < 1.29 is 0 Å². The summed E-state index contributed by atoms with van der Waals surface area (Å²) in [5.41, 5.74) is 7.49. The molecular weight excluding hydrogens is 265 g/mol. The van der Waals surface area contributed by atoms with Crippen molar-refractivity contribution in [2.45, 2.75) is 12.8 Å². The van der Waals surface area contributed by atoms with Crippen molar-refractivity contribution in [3.63, 3.8) is 0 Å². The summed E-state index contributed by atoms with van der Waals surface area (Å²) in [5.74, 6) is 0. The molecule has 1 aliphatic carbocycles. The highest BCUT2D eigenvalue weighted by Gasteiger charge is 2.16. The minimum atomic E-state index is 0.813. The van der Waals surface area contributed by atoms with Crippen LogP contribution in [-0.4, -0.2) is 12.4 Å². The van der Waals surface area contributed by atoms with E-state index in [-0.39, 0.29) is 0 Å². The molecule has 0 N–H and O–H groups in total. The Labute approximate surface area is 130 Å². The molecule has 0 bridgehead atoms. The van der Waals surface area contributed by atoms with Crippen molar-refractivity contribution in [3.8, 4) is 5.69 Å². The van der Waals surface area contributed by atoms with Crippen LogP contribution >= 0.6 is 0 Å². The number of aryl methyl sites for hydroxylation is 2. The smallest absolute Gasteiger partial charge is 0.113 e. The molecule has 102 valence electrons. The first-order valence-corrected chi connectivity index (χ1v) is 7.72. The zero-order valence-electron chi connectivity index (χ0n) is 12.2. The lowest BCUT2D eigenvalue weighted by Crippen LogP contribution is -2.09. The molecule has 1 heterocycles. The Balaban J connectivity index is 1.93. The maximum Gasteiger partial charge on any atom is 0.113 e. The third-order valence-corrected chi connectivity index (χ3v) is 4.81. The Kier molecular flexibility index (Phi) is 2.35. The van der Waals surface area contributed by atoms with Gasteiger partial charge in [-0.2, -0.15) is 0 Å². The van der Waals surface area contributed by atoms with Crippen molar-refractivity contribution in [1.29, 1.82) is 0 Å². The van der Waals surface area contributed by atoms with E-state index in [1.165, 1.54) is 51.5 Å². The van der Waals surface area contributed by atoms with E-state index in [9.17, 15) is 0 Å². The van der Waals surface area contributed by atoms with Gasteiger partial charge in [-0.3, -0.25) is 0 Å². The van der Waals surface area contributed by atoms with Gasteiger partial charge in [-0.25, -0.2) is 0 Å². The van der Waals surface area contributed by atoms with Gasteiger partial charge in [0, 0.05) is 16.5 Å². The summed E-state index contributed by atoms with van der Waals surface area (Å²) < 4.78 is 2.35. The quantitative estimate of drug-likeness (QED) is 0.468. The average molecular weight is 279 g/mol. The molecule has 0 saturated heterocycles. The molecule has 22 heavy (non-hydrogen) atoms. The van der Waals surface area contributed by atoms with Crippen LogP contribution in [-0.2, 0) is 12.8 Å². The highest BCUT2D eigenvalue weighted by Crippen LogP contribution is 2.33. The highest BCUT2D eigenvalue weighted by atomic mass is 15.0. The first-order chi connectivity index (χ1) is 10.8. The maximum absolute atomic E-state index is 6.01. The van der Waals surface area contributed by atoms with Crippen molar-refractivity contribution in [2.75, 3.05) is 0 Å². The molecule has 2 heteroatoms. The van der Waals surface area contributed by atoms with Crippen molar-refractivity contribution in [1.82, 2.24) is 4.57 Å². The second-order valence-electron chi connectivity index (χ2n) is 6.08. The molecule has 0 saturated carbocycles. The lowest BCUT2D eigenvalue weighted by atomic mass is 9.88. The van der Waals surface area contributed by atoms with Gasteiger partial charge in [-0.1, -0.05) is 41.9 Å². The van der Waals surface area contributed by atoms with Crippen LogP contribution in [0.4, 0.5) is 0 Å². The van der Waals surface area contributed by atoms with Crippen molar-refractivity contribution >= 4 is 35.1 Å². The van der Waals surface area contributed by atoms with E-state index in [0.29, 0.717) is 0 Å². The minimum Gasteiger partial charge on any atom is -0.309 e. The van der Waals surface area contributed by atoms with Gasteiger partial charge in [0.25, 0.3) is 0 Å². The predicted molar refractivity (Wildman–Crippen MR) is 93.6 cm³/mol. The van der Waals surface area contributed by atoms with E-state index in [4.69, 9.17) is 7.85 Å². The van der Waals surface area contributed by atoms with E-state index in [2.05, 4.69) is 59.2 Å². The normalized spacial score (nSPS) is 13.3. The molecule has 3 aromatic carbocycles. The summed E-state index contributed by atoms with van der Waals surface area (Å²) >= 11 is 0. The fourth-order valence-corrected chi connectivity index (χ4v) is 3.59. The van der Waals surface area contributed by atoms with Gasteiger partial charge < -0.3 is 4.57 Å². The molecule has 2 radical (unpaired) electrons. The number of rotatable bonds is 1. The fraction of sp³-hybridized carbons (Fsp3) is 0.100. The summed E-state index contributed by atoms with van der Waals surface area (Å²) in [5, 5.41) is 2.48. The van der Waals surface area contributed by atoms with Gasteiger partial charge in [0.15, 0.2) is 0 Å². The number of fused-ring (bicyclic) bond motifs is 4. The second kappa shape index (κ2) is 4.26. The third kappa shape index (κ3) is 1.55. The van der Waals surface area contributed by atoms with Crippen LogP contribution in [0.1, 0.15) is 11.1 Å². The molecule has 0 spiro atoms. The van der Waals surface area contributed by atoms with Gasteiger partial charge in [-0.05, 0) is 48.2 Å². The van der Waals surface area contributed by atoms with Gasteiger partial charge in [-0.15, -0.1) is 0 Å². The molecule has 4 aromatic rings. The number of benzene rings is 3. The third-order valence-electron chi connectivity index (χ3n) is 4.81. The van der Waals surface area contributed by atoms with E-state index in [1.54, 1.807) is 0 Å². The molecule has 5 rings (SSSR count). The number of hydrogen-bond acceptors (Lipinski definition) is 0. The molecule has 0 fully saturated rings. The minimum absolute atomic E-state index is 0.813. The van der Waals surface area contributed by atoms with Crippen LogP contribution in [0.3, 0.4) is 0 Å². The van der Waals surface area contributed by atoms with Crippen LogP contribution in [0.25, 0.3) is 27.5 Å². The summed E-state index contributed by atoms with van der Waals surface area (Å²) in [6, 6.07) is 21.6.